The van der Waals surface area contributed by atoms with Crippen LogP contribution >= 0.6 is 11.6 Å². The number of nitrogens with one attached hydrogen (secondary N) is 1. The van der Waals surface area contributed by atoms with Gasteiger partial charge in [0.05, 0.1) is 23.9 Å². The van der Waals surface area contributed by atoms with Crippen molar-refractivity contribution >= 4 is 44.9 Å². The molecule has 0 spiro atoms. The molecule has 1 amide bonds. The number of anilines is 1. The number of benzene rings is 3. The lowest BCUT2D eigenvalue weighted by atomic mass is 10.1. The second-order valence-corrected chi connectivity index (χ2v) is 7.41. The molecule has 29 heavy (non-hydrogen) atoms. The van der Waals surface area contributed by atoms with E-state index in [0.717, 1.165) is 28.1 Å². The fourth-order valence-electron chi connectivity index (χ4n) is 3.62. The number of hydrogen-bond acceptors (Lipinski definition) is 4. The molecule has 0 bridgehead atoms. The minimum absolute atomic E-state index is 0.263. The van der Waals surface area contributed by atoms with Gasteiger partial charge >= 0.3 is 0 Å². The van der Waals surface area contributed by atoms with Crippen LogP contribution < -0.4 is 14.8 Å². The lowest BCUT2D eigenvalue weighted by Gasteiger charge is -2.12. The first-order valence-corrected chi connectivity index (χ1v) is 9.81. The highest BCUT2D eigenvalue weighted by Gasteiger charge is 2.21. The summed E-state index contributed by atoms with van der Waals surface area (Å²) in [5, 5.41) is 6.17. The largest absolute Gasteiger partial charge is 0.490 e. The van der Waals surface area contributed by atoms with Gasteiger partial charge in [-0.15, -0.1) is 0 Å². The molecule has 0 saturated carbocycles. The Morgan fingerprint density at radius 3 is 2.59 bits per heavy atom. The van der Waals surface area contributed by atoms with Gasteiger partial charge in [-0.25, -0.2) is 0 Å². The predicted molar refractivity (Wildman–Crippen MR) is 113 cm³/mol. The van der Waals surface area contributed by atoms with Crippen LogP contribution in [0.2, 0.25) is 5.02 Å². The van der Waals surface area contributed by atoms with Crippen LogP contribution in [-0.4, -0.2) is 19.1 Å². The molecule has 1 aromatic heterocycles. The third kappa shape index (κ3) is 3.08. The molecule has 0 radical (unpaired) electrons. The summed E-state index contributed by atoms with van der Waals surface area (Å²) in [4.78, 5) is 13.0. The van der Waals surface area contributed by atoms with Gasteiger partial charge in [0.2, 0.25) is 0 Å². The third-order valence-corrected chi connectivity index (χ3v) is 5.43. The van der Waals surface area contributed by atoms with Crippen molar-refractivity contribution in [1.29, 1.82) is 0 Å². The van der Waals surface area contributed by atoms with Gasteiger partial charge in [0.1, 0.15) is 5.58 Å². The Labute approximate surface area is 172 Å². The highest BCUT2D eigenvalue weighted by Crippen LogP contribution is 2.38. The molecule has 0 saturated heterocycles. The average molecular weight is 408 g/mol. The number of halogens is 1. The van der Waals surface area contributed by atoms with Gasteiger partial charge in [-0.05, 0) is 12.3 Å². The maximum absolute atomic E-state index is 13.0. The summed E-state index contributed by atoms with van der Waals surface area (Å²) < 4.78 is 17.3. The zero-order valence-electron chi connectivity index (χ0n) is 15.8. The smallest absolute Gasteiger partial charge is 0.291 e. The van der Waals surface area contributed by atoms with Gasteiger partial charge in [0, 0.05) is 34.9 Å². The van der Waals surface area contributed by atoms with E-state index in [1.807, 2.05) is 43.3 Å². The van der Waals surface area contributed by atoms with E-state index in [1.165, 1.54) is 0 Å². The van der Waals surface area contributed by atoms with Crippen molar-refractivity contribution in [3.63, 3.8) is 0 Å². The quantitative estimate of drug-likeness (QED) is 0.445. The summed E-state index contributed by atoms with van der Waals surface area (Å²) >= 11 is 6.36. The second kappa shape index (κ2) is 7.01. The first-order chi connectivity index (χ1) is 14.1. The van der Waals surface area contributed by atoms with E-state index in [0.29, 0.717) is 41.0 Å². The molecular weight excluding hydrogens is 390 g/mol. The fourth-order valence-corrected chi connectivity index (χ4v) is 3.83. The number of hydrogen-bond donors (Lipinski definition) is 1. The number of amides is 1. The highest BCUT2D eigenvalue weighted by molar-refractivity contribution is 6.34. The number of aryl methyl sites for hydroxylation is 1. The zero-order valence-corrected chi connectivity index (χ0v) is 16.5. The van der Waals surface area contributed by atoms with Crippen molar-refractivity contribution in [2.24, 2.45) is 0 Å². The molecule has 5 rings (SSSR count). The Hall–Kier alpha value is -3.18. The van der Waals surface area contributed by atoms with Crippen molar-refractivity contribution in [3.8, 4) is 11.5 Å². The van der Waals surface area contributed by atoms with Crippen LogP contribution in [0.5, 0.6) is 11.5 Å². The third-order valence-electron chi connectivity index (χ3n) is 5.12. The summed E-state index contributed by atoms with van der Waals surface area (Å²) in [6.07, 6.45) is 0.792. The maximum atomic E-state index is 13.0. The summed E-state index contributed by atoms with van der Waals surface area (Å²) in [5.41, 5.74) is 1.94. The van der Waals surface area contributed by atoms with Crippen LogP contribution in [0.25, 0.3) is 21.7 Å². The minimum Gasteiger partial charge on any atom is -0.490 e. The molecule has 5 nitrogen and oxygen atoms in total. The summed E-state index contributed by atoms with van der Waals surface area (Å²) in [6, 6.07) is 15.3. The van der Waals surface area contributed by atoms with E-state index in [-0.39, 0.29) is 11.7 Å². The normalized spacial score (nSPS) is 13.4. The standard InChI is InChI=1S/C23H18ClNO4/c1-13-15-8-7-14-5-2-3-6-16(14)22(15)29-21(13)23(26)25-18-12-20-19(11-17(18)24)27-9-4-10-28-20/h2-3,5-8,11-12H,4,9-10H2,1H3,(H,25,26). The van der Waals surface area contributed by atoms with Crippen molar-refractivity contribution in [1.82, 2.24) is 0 Å². The van der Waals surface area contributed by atoms with E-state index in [9.17, 15) is 4.79 Å². The number of furan rings is 1. The SMILES string of the molecule is Cc1c(C(=O)Nc2cc3c(cc2Cl)OCCCO3)oc2c1ccc1ccccc12. The molecule has 1 aliphatic rings. The van der Waals surface area contributed by atoms with E-state index < -0.39 is 0 Å². The summed E-state index contributed by atoms with van der Waals surface area (Å²) in [6.45, 7) is 3.00. The molecule has 0 fully saturated rings. The molecule has 1 aliphatic heterocycles. The molecule has 146 valence electrons. The number of carbonyl (C=O) groups excluding carboxylic acids is 1. The van der Waals surface area contributed by atoms with Crippen LogP contribution in [0, 0.1) is 6.92 Å². The van der Waals surface area contributed by atoms with E-state index >= 15 is 0 Å². The van der Waals surface area contributed by atoms with E-state index in [2.05, 4.69) is 5.32 Å². The van der Waals surface area contributed by atoms with Crippen LogP contribution in [0.1, 0.15) is 22.5 Å². The van der Waals surface area contributed by atoms with Gasteiger partial charge in [0.15, 0.2) is 17.3 Å². The topological polar surface area (TPSA) is 60.7 Å². The highest BCUT2D eigenvalue weighted by atomic mass is 35.5. The molecule has 1 N–H and O–H groups in total. The van der Waals surface area contributed by atoms with E-state index in [4.69, 9.17) is 25.5 Å². The maximum Gasteiger partial charge on any atom is 0.291 e. The van der Waals surface area contributed by atoms with Gasteiger partial charge < -0.3 is 19.2 Å². The Morgan fingerprint density at radius 1 is 1.00 bits per heavy atom. The molecule has 0 atom stereocenters. The number of ether oxygens (including phenoxy) is 2. The Bertz CT molecular complexity index is 1260. The minimum atomic E-state index is -0.362. The van der Waals surface area contributed by atoms with Crippen LogP contribution in [0.3, 0.4) is 0 Å². The van der Waals surface area contributed by atoms with Crippen LogP contribution in [-0.2, 0) is 0 Å². The van der Waals surface area contributed by atoms with Crippen molar-refractivity contribution in [2.75, 3.05) is 18.5 Å². The summed E-state index contributed by atoms with van der Waals surface area (Å²) in [7, 11) is 0. The van der Waals surface area contributed by atoms with Gasteiger partial charge in [-0.1, -0.05) is 48.0 Å². The fraction of sp³-hybridized carbons (Fsp3) is 0.174. The lowest BCUT2D eigenvalue weighted by Crippen LogP contribution is -2.12. The van der Waals surface area contributed by atoms with Gasteiger partial charge in [0.25, 0.3) is 5.91 Å². The predicted octanol–water partition coefficient (Wildman–Crippen LogP) is 5.96. The zero-order chi connectivity index (χ0) is 20.0. The average Bonchev–Trinajstić information content (AvgIpc) is 2.90. The number of rotatable bonds is 2. The van der Waals surface area contributed by atoms with E-state index in [1.54, 1.807) is 12.1 Å². The lowest BCUT2D eigenvalue weighted by molar-refractivity contribution is 0.0998. The monoisotopic (exact) mass is 407 g/mol. The molecule has 2 heterocycles. The Balaban J connectivity index is 1.53. The molecule has 0 aliphatic carbocycles. The molecule has 6 heteroatoms. The molecular formula is C23H18ClNO4. The number of fused-ring (bicyclic) bond motifs is 4. The number of carbonyl (C=O) groups is 1. The molecule has 4 aromatic rings. The summed E-state index contributed by atoms with van der Waals surface area (Å²) in [5.74, 6) is 1.05. The van der Waals surface area contributed by atoms with Gasteiger partial charge in [-0.3, -0.25) is 4.79 Å². The Morgan fingerprint density at radius 2 is 1.76 bits per heavy atom. The van der Waals surface area contributed by atoms with Crippen LogP contribution in [0.4, 0.5) is 5.69 Å². The van der Waals surface area contributed by atoms with Crippen LogP contribution in [0.15, 0.2) is 52.9 Å². The Kier molecular flexibility index (Phi) is 4.32. The second-order valence-electron chi connectivity index (χ2n) is 7.00. The van der Waals surface area contributed by atoms with Crippen molar-refractivity contribution in [2.45, 2.75) is 13.3 Å². The first kappa shape index (κ1) is 17.9. The molecule has 0 unspecified atom stereocenters. The van der Waals surface area contributed by atoms with Gasteiger partial charge in [-0.2, -0.15) is 0 Å². The van der Waals surface area contributed by atoms with Crippen molar-refractivity contribution in [3.05, 3.63) is 64.9 Å². The van der Waals surface area contributed by atoms with Crippen molar-refractivity contribution < 1.29 is 18.7 Å². The molecule has 3 aromatic carbocycles. The first-order valence-electron chi connectivity index (χ1n) is 9.43.